The normalized spacial score (nSPS) is 13.8. The zero-order valence-corrected chi connectivity index (χ0v) is 11.2. The predicted molar refractivity (Wildman–Crippen MR) is 65.5 cm³/mol. The molecule has 4 nitrogen and oxygen atoms in total. The van der Waals surface area contributed by atoms with E-state index >= 15 is 0 Å². The summed E-state index contributed by atoms with van der Waals surface area (Å²) >= 11 is 0. The van der Waals surface area contributed by atoms with Gasteiger partial charge in [0.2, 0.25) is 0 Å². The van der Waals surface area contributed by atoms with E-state index in [9.17, 15) is 17.9 Å². The molecule has 1 rings (SSSR count). The summed E-state index contributed by atoms with van der Waals surface area (Å²) in [6, 6.07) is 4.72. The van der Waals surface area contributed by atoms with E-state index < -0.39 is 27.5 Å². The van der Waals surface area contributed by atoms with Crippen molar-refractivity contribution in [2.45, 2.75) is 31.0 Å². The third kappa shape index (κ3) is 4.72. The van der Waals surface area contributed by atoms with E-state index in [4.69, 9.17) is 4.74 Å². The number of aliphatic hydroxyl groups excluding tert-OH is 1. The molecule has 0 spiro atoms. The van der Waals surface area contributed by atoms with Crippen molar-refractivity contribution >= 4 is 9.84 Å². The van der Waals surface area contributed by atoms with Crippen LogP contribution in [0.2, 0.25) is 0 Å². The smallest absolute Gasteiger partial charge is 0.181 e. The molecule has 1 aromatic rings. The number of rotatable bonds is 6. The summed E-state index contributed by atoms with van der Waals surface area (Å²) in [5, 5.41) is 9.57. The number of aliphatic hydroxyl groups is 1. The summed E-state index contributed by atoms with van der Waals surface area (Å²) in [5.74, 6) is -1.10. The van der Waals surface area contributed by atoms with Crippen LogP contribution in [-0.2, 0) is 14.6 Å². The number of ether oxygens (including phenoxy) is 1. The summed E-state index contributed by atoms with van der Waals surface area (Å²) in [5.41, 5.74) is 0. The molecule has 0 aliphatic heterocycles. The van der Waals surface area contributed by atoms with Crippen LogP contribution >= 0.6 is 0 Å². The Morgan fingerprint density at radius 2 is 2.06 bits per heavy atom. The van der Waals surface area contributed by atoms with Gasteiger partial charge >= 0.3 is 0 Å². The molecule has 0 radical (unpaired) electrons. The summed E-state index contributed by atoms with van der Waals surface area (Å²) in [6.07, 6.45) is -1.21. The topological polar surface area (TPSA) is 63.6 Å². The molecule has 0 saturated heterocycles. The van der Waals surface area contributed by atoms with E-state index in [-0.39, 0.29) is 17.6 Å². The third-order valence-corrected chi connectivity index (χ3v) is 3.98. The molecule has 0 aliphatic carbocycles. The van der Waals surface area contributed by atoms with Crippen molar-refractivity contribution in [3.05, 3.63) is 30.1 Å². The fourth-order valence-corrected chi connectivity index (χ4v) is 2.73. The van der Waals surface area contributed by atoms with Gasteiger partial charge in [0.1, 0.15) is 5.82 Å². The van der Waals surface area contributed by atoms with Crippen LogP contribution in [0.3, 0.4) is 0 Å². The van der Waals surface area contributed by atoms with Crippen LogP contribution in [-0.4, -0.2) is 38.1 Å². The molecule has 1 unspecified atom stereocenters. The average molecular weight is 276 g/mol. The maximum atomic E-state index is 12.9. The van der Waals surface area contributed by atoms with Crippen molar-refractivity contribution in [2.75, 3.05) is 12.4 Å². The van der Waals surface area contributed by atoms with Crippen LogP contribution in [0.1, 0.15) is 13.8 Å². The lowest BCUT2D eigenvalue weighted by Gasteiger charge is -2.13. The number of halogens is 1. The highest BCUT2D eigenvalue weighted by molar-refractivity contribution is 7.91. The van der Waals surface area contributed by atoms with E-state index in [0.29, 0.717) is 0 Å². The maximum absolute atomic E-state index is 12.9. The van der Waals surface area contributed by atoms with Crippen molar-refractivity contribution in [1.82, 2.24) is 0 Å². The Morgan fingerprint density at radius 3 is 2.61 bits per heavy atom. The molecule has 6 heteroatoms. The minimum absolute atomic E-state index is 0.0633. The SMILES string of the molecule is CC(C)OCC(O)CS(=O)(=O)c1cccc(F)c1. The Balaban J connectivity index is 2.70. The minimum atomic E-state index is -3.70. The summed E-state index contributed by atoms with van der Waals surface area (Å²) < 4.78 is 41.8. The molecule has 0 bridgehead atoms. The van der Waals surface area contributed by atoms with Crippen LogP contribution in [0, 0.1) is 5.82 Å². The van der Waals surface area contributed by atoms with Crippen molar-refractivity contribution in [1.29, 1.82) is 0 Å². The van der Waals surface area contributed by atoms with Gasteiger partial charge < -0.3 is 9.84 Å². The molecule has 1 N–H and O–H groups in total. The Bertz CT molecular complexity index is 485. The van der Waals surface area contributed by atoms with E-state index in [2.05, 4.69) is 0 Å². The molecular formula is C12H17FO4S. The van der Waals surface area contributed by atoms with E-state index in [1.807, 2.05) is 0 Å². The van der Waals surface area contributed by atoms with Gasteiger partial charge in [-0.1, -0.05) is 6.07 Å². The Hall–Kier alpha value is -0.980. The molecule has 0 fully saturated rings. The lowest BCUT2D eigenvalue weighted by molar-refractivity contribution is 0.0146. The van der Waals surface area contributed by atoms with Crippen molar-refractivity contribution < 1.29 is 22.7 Å². The zero-order valence-electron chi connectivity index (χ0n) is 10.3. The van der Waals surface area contributed by atoms with Gasteiger partial charge in [0.15, 0.2) is 9.84 Å². The molecule has 18 heavy (non-hydrogen) atoms. The molecule has 1 aromatic carbocycles. The number of sulfone groups is 1. The van der Waals surface area contributed by atoms with Crippen molar-refractivity contribution in [2.24, 2.45) is 0 Å². The first-order valence-electron chi connectivity index (χ1n) is 5.59. The summed E-state index contributed by atoms with van der Waals surface area (Å²) in [6.45, 7) is 3.51. The molecule has 0 aliphatic rings. The Morgan fingerprint density at radius 1 is 1.39 bits per heavy atom. The monoisotopic (exact) mass is 276 g/mol. The first-order valence-corrected chi connectivity index (χ1v) is 7.24. The highest BCUT2D eigenvalue weighted by Gasteiger charge is 2.20. The standard InChI is InChI=1S/C12H17FO4S/c1-9(2)17-7-11(14)8-18(15,16)12-5-3-4-10(13)6-12/h3-6,9,11,14H,7-8H2,1-2H3. The maximum Gasteiger partial charge on any atom is 0.181 e. The first kappa shape index (κ1) is 15.1. The molecule has 0 heterocycles. The fourth-order valence-electron chi connectivity index (χ4n) is 1.36. The lowest BCUT2D eigenvalue weighted by Crippen LogP contribution is -2.27. The molecule has 102 valence electrons. The second-order valence-electron chi connectivity index (χ2n) is 4.27. The van der Waals surface area contributed by atoms with E-state index in [0.717, 1.165) is 12.1 Å². The largest absolute Gasteiger partial charge is 0.390 e. The van der Waals surface area contributed by atoms with E-state index in [1.165, 1.54) is 12.1 Å². The van der Waals surface area contributed by atoms with E-state index in [1.54, 1.807) is 13.8 Å². The fraction of sp³-hybridized carbons (Fsp3) is 0.500. The van der Waals surface area contributed by atoms with Crippen molar-refractivity contribution in [3.8, 4) is 0 Å². The second-order valence-corrected chi connectivity index (χ2v) is 6.31. The van der Waals surface area contributed by atoms with Gasteiger partial charge in [-0.15, -0.1) is 0 Å². The Labute approximate surface area is 106 Å². The molecular weight excluding hydrogens is 259 g/mol. The zero-order chi connectivity index (χ0) is 13.8. The third-order valence-electron chi connectivity index (χ3n) is 2.19. The van der Waals surface area contributed by atoms with Gasteiger partial charge in [0.05, 0.1) is 29.5 Å². The van der Waals surface area contributed by atoms with Crippen LogP contribution in [0.4, 0.5) is 4.39 Å². The first-order chi connectivity index (χ1) is 8.31. The van der Waals surface area contributed by atoms with Gasteiger partial charge in [-0.3, -0.25) is 0 Å². The highest BCUT2D eigenvalue weighted by Crippen LogP contribution is 2.13. The summed E-state index contributed by atoms with van der Waals surface area (Å²) in [7, 11) is -3.70. The highest BCUT2D eigenvalue weighted by atomic mass is 32.2. The number of hydrogen-bond acceptors (Lipinski definition) is 4. The molecule has 1 atom stereocenters. The van der Waals surface area contributed by atoms with Gasteiger partial charge in [-0.2, -0.15) is 0 Å². The minimum Gasteiger partial charge on any atom is -0.390 e. The molecule has 0 aromatic heterocycles. The number of hydrogen-bond donors (Lipinski definition) is 1. The van der Waals surface area contributed by atoms with Crippen LogP contribution < -0.4 is 0 Å². The predicted octanol–water partition coefficient (Wildman–Crippen LogP) is 1.39. The second kappa shape index (κ2) is 6.26. The number of benzene rings is 1. The van der Waals surface area contributed by atoms with Crippen LogP contribution in [0.15, 0.2) is 29.2 Å². The average Bonchev–Trinajstić information content (AvgIpc) is 2.26. The molecule has 0 saturated carbocycles. The lowest BCUT2D eigenvalue weighted by atomic mass is 10.3. The van der Waals surface area contributed by atoms with Crippen LogP contribution in [0.5, 0.6) is 0 Å². The Kier molecular flexibility index (Phi) is 5.25. The van der Waals surface area contributed by atoms with Gasteiger partial charge in [0, 0.05) is 0 Å². The van der Waals surface area contributed by atoms with Crippen molar-refractivity contribution in [3.63, 3.8) is 0 Å². The molecule has 0 amide bonds. The quantitative estimate of drug-likeness (QED) is 0.852. The van der Waals surface area contributed by atoms with Gasteiger partial charge in [0.25, 0.3) is 0 Å². The summed E-state index contributed by atoms with van der Waals surface area (Å²) in [4.78, 5) is -0.133. The van der Waals surface area contributed by atoms with Gasteiger partial charge in [-0.05, 0) is 32.0 Å². The van der Waals surface area contributed by atoms with Crippen LogP contribution in [0.25, 0.3) is 0 Å². The van der Waals surface area contributed by atoms with Gasteiger partial charge in [-0.25, -0.2) is 12.8 Å².